The Labute approximate surface area is 60.9 Å². The molecule has 0 unspecified atom stereocenters. The average molecular weight is 140 g/mol. The van der Waals surface area contributed by atoms with E-state index in [0.29, 0.717) is 12.2 Å². The van der Waals surface area contributed by atoms with Gasteiger partial charge in [0.2, 0.25) is 0 Å². The molecule has 1 aliphatic heterocycles. The van der Waals surface area contributed by atoms with E-state index in [-0.39, 0.29) is 11.4 Å². The highest BCUT2D eigenvalue weighted by Gasteiger charge is 2.29. The van der Waals surface area contributed by atoms with Crippen LogP contribution in [0.2, 0.25) is 0 Å². The summed E-state index contributed by atoms with van der Waals surface area (Å²) >= 11 is 0. The number of carbonyl (C=O) groups excluding carboxylic acids is 1. The molecule has 0 bridgehead atoms. The van der Waals surface area contributed by atoms with Crippen LogP contribution in [0.3, 0.4) is 0 Å². The monoisotopic (exact) mass is 140 g/mol. The van der Waals surface area contributed by atoms with Gasteiger partial charge in [0, 0.05) is 11.0 Å². The lowest BCUT2D eigenvalue weighted by Gasteiger charge is -2.29. The SMILES string of the molecule is C=C1CC(C)(C)COC1=O. The maximum atomic E-state index is 10.8. The summed E-state index contributed by atoms with van der Waals surface area (Å²) in [5, 5.41) is 0. The first-order chi connectivity index (χ1) is 4.51. The minimum Gasteiger partial charge on any atom is -0.462 e. The van der Waals surface area contributed by atoms with Crippen molar-refractivity contribution < 1.29 is 9.53 Å². The molecule has 0 amide bonds. The van der Waals surface area contributed by atoms with Crippen molar-refractivity contribution in [3.8, 4) is 0 Å². The van der Waals surface area contributed by atoms with Crippen molar-refractivity contribution in [3.63, 3.8) is 0 Å². The van der Waals surface area contributed by atoms with Crippen LogP contribution in [-0.4, -0.2) is 12.6 Å². The maximum Gasteiger partial charge on any atom is 0.333 e. The van der Waals surface area contributed by atoms with Crippen LogP contribution in [0.5, 0.6) is 0 Å². The van der Waals surface area contributed by atoms with Crippen molar-refractivity contribution in [2.24, 2.45) is 5.41 Å². The fourth-order valence-electron chi connectivity index (χ4n) is 1.06. The van der Waals surface area contributed by atoms with Gasteiger partial charge < -0.3 is 4.74 Å². The lowest BCUT2D eigenvalue weighted by atomic mass is 9.85. The average Bonchev–Trinajstić information content (AvgIpc) is 1.79. The predicted molar refractivity (Wildman–Crippen MR) is 38.5 cm³/mol. The molecule has 1 fully saturated rings. The number of rotatable bonds is 0. The van der Waals surface area contributed by atoms with Crippen LogP contribution in [0, 0.1) is 5.41 Å². The summed E-state index contributed by atoms with van der Waals surface area (Å²) in [5.41, 5.74) is 0.682. The molecule has 0 aliphatic carbocycles. The highest BCUT2D eigenvalue weighted by molar-refractivity contribution is 5.88. The molecule has 1 saturated heterocycles. The Kier molecular flexibility index (Phi) is 1.55. The molecule has 0 aromatic heterocycles. The van der Waals surface area contributed by atoms with E-state index in [4.69, 9.17) is 4.74 Å². The molecule has 0 N–H and O–H groups in total. The van der Waals surface area contributed by atoms with Crippen molar-refractivity contribution in [1.82, 2.24) is 0 Å². The zero-order chi connectivity index (χ0) is 7.78. The van der Waals surface area contributed by atoms with Gasteiger partial charge in [0.25, 0.3) is 0 Å². The number of carbonyl (C=O) groups is 1. The summed E-state index contributed by atoms with van der Waals surface area (Å²) in [5.74, 6) is -0.237. The van der Waals surface area contributed by atoms with E-state index in [1.165, 1.54) is 0 Å². The van der Waals surface area contributed by atoms with Gasteiger partial charge in [0.05, 0.1) is 6.61 Å². The highest BCUT2D eigenvalue weighted by Crippen LogP contribution is 2.29. The molecule has 10 heavy (non-hydrogen) atoms. The van der Waals surface area contributed by atoms with E-state index in [1.807, 2.05) is 0 Å². The van der Waals surface area contributed by atoms with Gasteiger partial charge >= 0.3 is 5.97 Å². The molecule has 56 valence electrons. The first kappa shape index (κ1) is 7.32. The van der Waals surface area contributed by atoms with Crippen LogP contribution in [0.4, 0.5) is 0 Å². The molecule has 2 nitrogen and oxygen atoms in total. The molecule has 0 radical (unpaired) electrons. The summed E-state index contributed by atoms with van der Waals surface area (Å²) in [6, 6.07) is 0. The van der Waals surface area contributed by atoms with Crippen molar-refractivity contribution >= 4 is 5.97 Å². The number of cyclic esters (lactones) is 1. The number of hydrogen-bond donors (Lipinski definition) is 0. The quantitative estimate of drug-likeness (QED) is 0.376. The van der Waals surface area contributed by atoms with Crippen LogP contribution >= 0.6 is 0 Å². The largest absolute Gasteiger partial charge is 0.462 e. The zero-order valence-corrected chi connectivity index (χ0v) is 6.44. The Morgan fingerprint density at radius 2 is 2.20 bits per heavy atom. The van der Waals surface area contributed by atoms with Gasteiger partial charge in [0.15, 0.2) is 0 Å². The van der Waals surface area contributed by atoms with Crippen molar-refractivity contribution in [2.45, 2.75) is 20.3 Å². The normalized spacial score (nSPS) is 24.2. The van der Waals surface area contributed by atoms with Crippen LogP contribution in [0.15, 0.2) is 12.2 Å². The summed E-state index contributed by atoms with van der Waals surface area (Å²) in [7, 11) is 0. The Morgan fingerprint density at radius 1 is 1.60 bits per heavy atom. The third-order valence-electron chi connectivity index (χ3n) is 1.57. The van der Waals surface area contributed by atoms with Crippen molar-refractivity contribution in [1.29, 1.82) is 0 Å². The van der Waals surface area contributed by atoms with E-state index in [9.17, 15) is 4.79 Å². The summed E-state index contributed by atoms with van der Waals surface area (Å²) in [4.78, 5) is 10.8. The van der Waals surface area contributed by atoms with Gasteiger partial charge in [-0.1, -0.05) is 20.4 Å². The Bertz CT molecular complexity index is 180. The van der Waals surface area contributed by atoms with E-state index < -0.39 is 0 Å². The van der Waals surface area contributed by atoms with Crippen LogP contribution in [0.25, 0.3) is 0 Å². The van der Waals surface area contributed by atoms with Crippen molar-refractivity contribution in [2.75, 3.05) is 6.61 Å². The maximum absolute atomic E-state index is 10.8. The van der Waals surface area contributed by atoms with E-state index in [1.54, 1.807) is 0 Å². The van der Waals surface area contributed by atoms with Crippen LogP contribution in [-0.2, 0) is 9.53 Å². The third-order valence-corrected chi connectivity index (χ3v) is 1.57. The molecule has 1 aliphatic rings. The van der Waals surface area contributed by atoms with Crippen molar-refractivity contribution in [3.05, 3.63) is 12.2 Å². The second-order valence-corrected chi connectivity index (χ2v) is 3.52. The van der Waals surface area contributed by atoms with Gasteiger partial charge in [-0.25, -0.2) is 4.79 Å². The van der Waals surface area contributed by atoms with Gasteiger partial charge in [-0.05, 0) is 6.42 Å². The first-order valence-electron chi connectivity index (χ1n) is 3.36. The highest BCUT2D eigenvalue weighted by atomic mass is 16.5. The molecule has 1 heterocycles. The zero-order valence-electron chi connectivity index (χ0n) is 6.44. The minimum absolute atomic E-state index is 0.0883. The molecule has 1 rings (SSSR count). The topological polar surface area (TPSA) is 26.3 Å². The van der Waals surface area contributed by atoms with Crippen LogP contribution < -0.4 is 0 Å². The van der Waals surface area contributed by atoms with Gasteiger partial charge in [-0.2, -0.15) is 0 Å². The minimum atomic E-state index is -0.237. The predicted octanol–water partition coefficient (Wildman–Crippen LogP) is 1.52. The summed E-state index contributed by atoms with van der Waals surface area (Å²) < 4.78 is 4.87. The standard InChI is InChI=1S/C8H12O2/c1-6-4-8(2,3)5-10-7(6)9/h1,4-5H2,2-3H3. The second-order valence-electron chi connectivity index (χ2n) is 3.52. The molecule has 0 spiro atoms. The van der Waals surface area contributed by atoms with E-state index in [0.717, 1.165) is 6.42 Å². The Morgan fingerprint density at radius 3 is 2.60 bits per heavy atom. The molecule has 2 heteroatoms. The van der Waals surface area contributed by atoms with Gasteiger partial charge in [-0.3, -0.25) is 0 Å². The fourth-order valence-corrected chi connectivity index (χ4v) is 1.06. The smallest absolute Gasteiger partial charge is 0.333 e. The van der Waals surface area contributed by atoms with Gasteiger partial charge in [0.1, 0.15) is 0 Å². The third kappa shape index (κ3) is 1.38. The summed E-state index contributed by atoms with van der Waals surface area (Å²) in [6.45, 7) is 8.26. The lowest BCUT2D eigenvalue weighted by Crippen LogP contribution is -2.29. The van der Waals surface area contributed by atoms with Crippen LogP contribution in [0.1, 0.15) is 20.3 Å². The molecular formula is C8H12O2. The Hall–Kier alpha value is -0.790. The molecule has 0 atom stereocenters. The molecular weight excluding hydrogens is 128 g/mol. The fraction of sp³-hybridized carbons (Fsp3) is 0.625. The molecule has 0 aromatic carbocycles. The van der Waals surface area contributed by atoms with E-state index >= 15 is 0 Å². The second kappa shape index (κ2) is 2.11. The molecule has 0 aromatic rings. The van der Waals surface area contributed by atoms with Gasteiger partial charge in [-0.15, -0.1) is 0 Å². The Balaban J connectivity index is 2.66. The summed E-state index contributed by atoms with van der Waals surface area (Å²) in [6.07, 6.45) is 0.756. The lowest BCUT2D eigenvalue weighted by molar-refractivity contribution is -0.146. The molecule has 0 saturated carbocycles. The number of hydrogen-bond acceptors (Lipinski definition) is 2. The first-order valence-corrected chi connectivity index (χ1v) is 3.36. The number of ether oxygens (including phenoxy) is 1. The van der Waals surface area contributed by atoms with E-state index in [2.05, 4.69) is 20.4 Å². The number of esters is 1.